The number of hydrogen-bond donors (Lipinski definition) is 1. The van der Waals surface area contributed by atoms with Crippen molar-refractivity contribution in [2.75, 3.05) is 0 Å². The van der Waals surface area contributed by atoms with Crippen molar-refractivity contribution >= 4 is 5.78 Å². The lowest BCUT2D eigenvalue weighted by atomic mass is 9.47. The maximum atomic E-state index is 12.2. The van der Waals surface area contributed by atoms with Crippen LogP contribution in [0, 0.1) is 52.8 Å². The summed E-state index contributed by atoms with van der Waals surface area (Å²) in [6.45, 7) is 8.78. The van der Waals surface area contributed by atoms with Gasteiger partial charge in [-0.1, -0.05) is 13.8 Å². The monoisotopic (exact) mass is 346 g/mol. The van der Waals surface area contributed by atoms with Crippen LogP contribution in [0.25, 0.3) is 0 Å². The van der Waals surface area contributed by atoms with E-state index in [0.717, 1.165) is 41.9 Å². The normalized spacial score (nSPS) is 53.5. The van der Waals surface area contributed by atoms with Crippen LogP contribution in [0.2, 0.25) is 0 Å². The van der Waals surface area contributed by atoms with E-state index in [1.54, 1.807) is 0 Å². The van der Waals surface area contributed by atoms with Gasteiger partial charge in [-0.2, -0.15) is 0 Å². The third-order valence-corrected chi connectivity index (χ3v) is 9.59. The van der Waals surface area contributed by atoms with E-state index in [1.165, 1.54) is 44.9 Å². The fraction of sp³-hybridized carbons (Fsp3) is 0.957. The minimum Gasteiger partial charge on any atom is -0.393 e. The summed E-state index contributed by atoms with van der Waals surface area (Å²) in [5.41, 5.74) is 0.276. The molecule has 0 bridgehead atoms. The van der Waals surface area contributed by atoms with E-state index in [4.69, 9.17) is 0 Å². The molecular weight excluding hydrogens is 308 g/mol. The first-order chi connectivity index (χ1) is 11.8. The third-order valence-electron chi connectivity index (χ3n) is 9.59. The van der Waals surface area contributed by atoms with E-state index in [1.807, 2.05) is 13.8 Å². The van der Waals surface area contributed by atoms with Gasteiger partial charge in [0.2, 0.25) is 0 Å². The number of fused-ring (bicyclic) bond motifs is 5. The van der Waals surface area contributed by atoms with Gasteiger partial charge in [0.15, 0.2) is 0 Å². The Labute approximate surface area is 154 Å². The van der Waals surface area contributed by atoms with E-state index in [9.17, 15) is 9.90 Å². The van der Waals surface area contributed by atoms with Crippen LogP contribution >= 0.6 is 0 Å². The lowest BCUT2D eigenvalue weighted by Crippen LogP contribution is -2.51. The Morgan fingerprint density at radius 1 is 1.00 bits per heavy atom. The van der Waals surface area contributed by atoms with Gasteiger partial charge in [-0.05, 0) is 112 Å². The summed E-state index contributed by atoms with van der Waals surface area (Å²) in [6, 6.07) is 0. The van der Waals surface area contributed by atoms with Gasteiger partial charge in [-0.25, -0.2) is 0 Å². The number of carbonyl (C=O) groups excluding carboxylic acids is 1. The lowest BCUT2D eigenvalue weighted by molar-refractivity contribution is -0.130. The number of carbonyl (C=O) groups is 1. The Bertz CT molecular complexity index is 526. The Morgan fingerprint density at radius 2 is 1.76 bits per heavy atom. The molecule has 0 amide bonds. The molecule has 4 fully saturated rings. The molecule has 4 saturated carbocycles. The van der Waals surface area contributed by atoms with E-state index in [-0.39, 0.29) is 11.5 Å². The zero-order valence-electron chi connectivity index (χ0n) is 16.7. The van der Waals surface area contributed by atoms with Crippen LogP contribution in [-0.4, -0.2) is 17.0 Å². The maximum Gasteiger partial charge on any atom is 0.133 e. The van der Waals surface area contributed by atoms with Gasteiger partial charge in [-0.3, -0.25) is 4.79 Å². The van der Waals surface area contributed by atoms with Crippen molar-refractivity contribution in [1.29, 1.82) is 0 Å². The molecule has 4 aliphatic rings. The highest BCUT2D eigenvalue weighted by Gasteiger charge is 2.58. The highest BCUT2D eigenvalue weighted by molar-refractivity contribution is 5.79. The average molecular weight is 347 g/mol. The second kappa shape index (κ2) is 6.36. The zero-order chi connectivity index (χ0) is 17.9. The minimum absolute atomic E-state index is 0.140. The van der Waals surface area contributed by atoms with Gasteiger partial charge in [0.05, 0.1) is 6.10 Å². The molecule has 0 aliphatic heterocycles. The van der Waals surface area contributed by atoms with Gasteiger partial charge >= 0.3 is 0 Å². The lowest BCUT2D eigenvalue weighted by Gasteiger charge is -2.58. The predicted octanol–water partition coefficient (Wildman–Crippen LogP) is 5.09. The first-order valence-electron chi connectivity index (χ1n) is 11.0. The molecule has 0 spiro atoms. The highest BCUT2D eigenvalue weighted by Crippen LogP contribution is 2.65. The van der Waals surface area contributed by atoms with Gasteiger partial charge in [0.25, 0.3) is 0 Å². The van der Waals surface area contributed by atoms with Crippen molar-refractivity contribution in [3.63, 3.8) is 0 Å². The molecule has 4 aliphatic carbocycles. The quantitative estimate of drug-likeness (QED) is 0.756. The third kappa shape index (κ3) is 2.73. The van der Waals surface area contributed by atoms with Crippen LogP contribution in [0.15, 0.2) is 0 Å². The standard InChI is InChI=1S/C23H38O2/c1-13-11-20-18(19-12-16(14(2)24)5-6-17(13)19)9-10-23(4)21(15(3)25)7-8-22(20)23/h13-14,16-22,24H,5-12H2,1-4H3/t13-,14?,16?,17+,18-,19+,20-,21-,22+,23-/m1/s1. The summed E-state index contributed by atoms with van der Waals surface area (Å²) < 4.78 is 0. The molecular formula is C23H38O2. The summed E-state index contributed by atoms with van der Waals surface area (Å²) in [4.78, 5) is 12.2. The molecule has 0 radical (unpaired) electrons. The largest absolute Gasteiger partial charge is 0.393 e. The minimum atomic E-state index is -0.140. The fourth-order valence-electron chi connectivity index (χ4n) is 8.36. The van der Waals surface area contributed by atoms with Crippen LogP contribution in [0.1, 0.15) is 79.1 Å². The Hall–Kier alpha value is -0.370. The van der Waals surface area contributed by atoms with Gasteiger partial charge in [-0.15, -0.1) is 0 Å². The van der Waals surface area contributed by atoms with E-state index in [2.05, 4.69) is 13.8 Å². The summed E-state index contributed by atoms with van der Waals surface area (Å²) in [5, 5.41) is 10.2. The smallest absolute Gasteiger partial charge is 0.133 e. The first-order valence-corrected chi connectivity index (χ1v) is 11.0. The molecule has 25 heavy (non-hydrogen) atoms. The number of ketones is 1. The van der Waals surface area contributed by atoms with Crippen molar-refractivity contribution in [2.24, 2.45) is 52.8 Å². The number of hydrogen-bond acceptors (Lipinski definition) is 2. The molecule has 0 heterocycles. The molecule has 142 valence electrons. The van der Waals surface area contributed by atoms with Crippen LogP contribution in [-0.2, 0) is 4.79 Å². The van der Waals surface area contributed by atoms with Crippen LogP contribution in [0.5, 0.6) is 0 Å². The fourth-order valence-corrected chi connectivity index (χ4v) is 8.36. The average Bonchev–Trinajstić information content (AvgIpc) is 2.92. The molecule has 0 aromatic heterocycles. The Kier molecular flexibility index (Phi) is 4.58. The number of aliphatic hydroxyl groups excluding tert-OH is 1. The van der Waals surface area contributed by atoms with Crippen molar-refractivity contribution in [3.8, 4) is 0 Å². The molecule has 1 N–H and O–H groups in total. The second-order valence-corrected chi connectivity index (χ2v) is 10.6. The molecule has 0 aromatic rings. The van der Waals surface area contributed by atoms with Gasteiger partial charge < -0.3 is 5.11 Å². The predicted molar refractivity (Wildman–Crippen MR) is 101 cm³/mol. The summed E-state index contributed by atoms with van der Waals surface area (Å²) in [5.74, 6) is 6.33. The second-order valence-electron chi connectivity index (χ2n) is 10.6. The van der Waals surface area contributed by atoms with E-state index < -0.39 is 0 Å². The van der Waals surface area contributed by atoms with Crippen LogP contribution in [0.4, 0.5) is 0 Å². The Morgan fingerprint density at radius 3 is 2.44 bits per heavy atom. The first kappa shape index (κ1) is 18.0. The number of Topliss-reactive ketones (excluding diaryl/α,β-unsaturated/α-hetero) is 1. The number of rotatable bonds is 2. The van der Waals surface area contributed by atoms with Crippen LogP contribution in [0.3, 0.4) is 0 Å². The summed E-state index contributed by atoms with van der Waals surface area (Å²) in [7, 11) is 0. The summed E-state index contributed by atoms with van der Waals surface area (Å²) in [6.07, 6.45) is 10.1. The topological polar surface area (TPSA) is 37.3 Å². The maximum absolute atomic E-state index is 12.2. The van der Waals surface area contributed by atoms with Crippen molar-refractivity contribution in [2.45, 2.75) is 85.2 Å². The van der Waals surface area contributed by atoms with Crippen molar-refractivity contribution in [3.05, 3.63) is 0 Å². The number of aliphatic hydroxyl groups is 1. The van der Waals surface area contributed by atoms with E-state index in [0.29, 0.717) is 17.6 Å². The molecule has 4 rings (SSSR count). The van der Waals surface area contributed by atoms with Gasteiger partial charge in [0, 0.05) is 5.92 Å². The molecule has 2 heteroatoms. The van der Waals surface area contributed by atoms with Crippen molar-refractivity contribution < 1.29 is 9.90 Å². The molecule has 2 nitrogen and oxygen atoms in total. The molecule has 0 saturated heterocycles. The molecule has 0 aromatic carbocycles. The van der Waals surface area contributed by atoms with Gasteiger partial charge in [0.1, 0.15) is 5.78 Å². The molecule has 2 unspecified atom stereocenters. The molecule has 10 atom stereocenters. The highest BCUT2D eigenvalue weighted by atomic mass is 16.3. The Balaban J connectivity index is 1.59. The summed E-state index contributed by atoms with van der Waals surface area (Å²) >= 11 is 0. The SMILES string of the molecule is CC(=O)[C@H]1CC[C@H]2[C@@H]3C[C@@H](C)[C@@H]4CCC(C(C)O)C[C@@H]4[C@H]3CC[C@]12C. The van der Waals surface area contributed by atoms with Crippen molar-refractivity contribution in [1.82, 2.24) is 0 Å². The zero-order valence-corrected chi connectivity index (χ0v) is 16.7. The van der Waals surface area contributed by atoms with E-state index >= 15 is 0 Å². The van der Waals surface area contributed by atoms with Crippen LogP contribution < -0.4 is 0 Å².